The van der Waals surface area contributed by atoms with Gasteiger partial charge in [0.15, 0.2) is 0 Å². The van der Waals surface area contributed by atoms with E-state index in [1.807, 2.05) is 18.7 Å². The number of hydrogen-bond donors (Lipinski definition) is 1. The summed E-state index contributed by atoms with van der Waals surface area (Å²) in [6.07, 6.45) is 3.16. The van der Waals surface area contributed by atoms with Crippen LogP contribution in [0.2, 0.25) is 0 Å². The molecule has 18 nitrogen and oxygen atoms in total. The smallest absolute Gasteiger partial charge is 0.352 e. The van der Waals surface area contributed by atoms with Crippen LogP contribution < -0.4 is 4.72 Å². The molecule has 0 saturated heterocycles. The molecule has 24 heteroatoms. The van der Waals surface area contributed by atoms with E-state index < -0.39 is 42.7 Å². The third-order valence-electron chi connectivity index (χ3n) is 11.2. The van der Waals surface area contributed by atoms with Crippen LogP contribution in [0.1, 0.15) is 44.7 Å². The highest BCUT2D eigenvalue weighted by Gasteiger charge is 2.46. The molecule has 0 aliphatic carbocycles. The number of nitrogens with zero attached hydrogens (tertiary/aromatic N) is 9. The Hall–Kier alpha value is -5.82. The number of rotatable bonds is 13. The first-order valence-electron chi connectivity index (χ1n) is 21.0. The number of allylic oxidation sites excluding steroid dienone is 2. The van der Waals surface area contributed by atoms with E-state index in [1.165, 1.54) is 42.7 Å². The van der Waals surface area contributed by atoms with E-state index in [4.69, 9.17) is 9.68 Å². The van der Waals surface area contributed by atoms with Crippen molar-refractivity contribution in [3.05, 3.63) is 129 Å². The molecule has 2 aromatic rings. The first kappa shape index (κ1) is 49.1. The summed E-state index contributed by atoms with van der Waals surface area (Å²) in [5.74, 6) is 1.06. The zero-order valence-corrected chi connectivity index (χ0v) is 40.7. The van der Waals surface area contributed by atoms with E-state index in [0.717, 1.165) is 29.5 Å². The first-order valence-corrected chi connectivity index (χ1v) is 25.8. The molecule has 0 spiro atoms. The van der Waals surface area contributed by atoms with E-state index >= 15 is 0 Å². The van der Waals surface area contributed by atoms with Gasteiger partial charge in [0.25, 0.3) is 20.0 Å². The van der Waals surface area contributed by atoms with Gasteiger partial charge in [0, 0.05) is 26.2 Å². The Morgan fingerprint density at radius 3 is 1.58 bits per heavy atom. The van der Waals surface area contributed by atoms with Gasteiger partial charge in [-0.15, -0.1) is 0 Å². The van der Waals surface area contributed by atoms with Crippen LogP contribution in [0.3, 0.4) is 0 Å². The van der Waals surface area contributed by atoms with E-state index in [1.54, 1.807) is 78.7 Å². The predicted octanol–water partition coefficient (Wildman–Crippen LogP) is 5.22. The summed E-state index contributed by atoms with van der Waals surface area (Å²) in [7, 11) is -9.72. The second kappa shape index (κ2) is 18.7. The summed E-state index contributed by atoms with van der Waals surface area (Å²) >= 11 is 0. The molecule has 6 aliphatic heterocycles. The van der Waals surface area contributed by atoms with Crippen molar-refractivity contribution in [2.75, 3.05) is 60.0 Å². The van der Waals surface area contributed by atoms with Crippen LogP contribution in [0.5, 0.6) is 0 Å². The van der Waals surface area contributed by atoms with Gasteiger partial charge in [-0.25, -0.2) is 45.4 Å². The lowest BCUT2D eigenvalue weighted by atomic mass is 10.1. The average Bonchev–Trinajstić information content (AvgIpc) is 3.89. The lowest BCUT2D eigenvalue weighted by molar-refractivity contribution is -0.137. The number of aliphatic imine (C=N–C) groups is 2. The molecule has 1 N–H and O–H groups in total. The maximum atomic E-state index is 14.4. The van der Waals surface area contributed by atoms with Crippen molar-refractivity contribution in [1.82, 2.24) is 38.2 Å². The molecule has 0 amide bonds. The molecule has 0 saturated carbocycles. The third-order valence-corrected chi connectivity index (χ3v) is 16.0. The topological polar surface area (TPSA) is 180 Å². The van der Waals surface area contributed by atoms with E-state index in [9.17, 15) is 38.4 Å². The van der Waals surface area contributed by atoms with Crippen molar-refractivity contribution < 1.29 is 48.1 Å². The number of hydroxylamine groups is 4. The zero-order chi connectivity index (χ0) is 48.8. The molecule has 362 valence electrons. The number of fused-ring (bicyclic) bond motifs is 4. The van der Waals surface area contributed by atoms with E-state index in [2.05, 4.69) is 26.5 Å². The van der Waals surface area contributed by atoms with Crippen LogP contribution in [-0.2, 0) is 39.7 Å². The number of sulfonamides is 3. The quantitative estimate of drug-likeness (QED) is 0.276. The lowest BCUT2D eigenvalue weighted by Gasteiger charge is -2.42. The molecule has 0 radical (unpaired) electrons. The van der Waals surface area contributed by atoms with Crippen molar-refractivity contribution >= 4 is 42.5 Å². The standard InChI is InChI=1S/C28H33N5O5S2.C15H20F3N5O3S/c1-6-15-30-17-22(4)27(26-28(30)32-19-31(38-5)18-23(32)16-29-26)33(39(34,35)24-11-7-20(2)8-12-24)40(36,37)25-13-9-21(3)10-14-25;1-10-7-21(5-4-15(16,17)18)14-13(12(10)20-27(3,24)25)19-6-11-8-22(26-2)9-23(11)14/h7-14,16,18H,6,15,17,19H2,1-5H3;6,8,20H,4-5,7,9H2,1-3H3. The minimum atomic E-state index is -4.59. The molecular weight excluding hydrogens is 938 g/mol. The fourth-order valence-electron chi connectivity index (χ4n) is 8.11. The molecule has 0 bridgehead atoms. The summed E-state index contributed by atoms with van der Waals surface area (Å²) in [6, 6.07) is 12.3. The number of alkyl halides is 3. The molecule has 0 fully saturated rings. The van der Waals surface area contributed by atoms with Crippen molar-refractivity contribution in [2.24, 2.45) is 9.98 Å². The van der Waals surface area contributed by atoms with Gasteiger partial charge in [0.2, 0.25) is 10.0 Å². The van der Waals surface area contributed by atoms with E-state index in [-0.39, 0.29) is 40.9 Å². The Kier molecular flexibility index (Phi) is 13.7. The Morgan fingerprint density at radius 2 is 1.13 bits per heavy atom. The largest absolute Gasteiger partial charge is 0.390 e. The first-order chi connectivity index (χ1) is 31.5. The maximum absolute atomic E-state index is 14.4. The number of hydrogen-bond acceptors (Lipinski definition) is 16. The summed E-state index contributed by atoms with van der Waals surface area (Å²) in [5, 5.41) is 3.14. The molecule has 6 heterocycles. The van der Waals surface area contributed by atoms with E-state index in [0.29, 0.717) is 63.3 Å². The highest BCUT2D eigenvalue weighted by molar-refractivity contribution is 8.04. The van der Waals surface area contributed by atoms with Crippen LogP contribution in [-0.4, -0.2) is 137 Å². The molecular formula is C43H53F3N10O8S3. The third kappa shape index (κ3) is 10.1. The van der Waals surface area contributed by atoms with Gasteiger partial charge in [0.1, 0.15) is 36.4 Å². The number of halogens is 3. The van der Waals surface area contributed by atoms with Gasteiger partial charge in [-0.05, 0) is 69.5 Å². The average molecular weight is 991 g/mol. The van der Waals surface area contributed by atoms with Crippen molar-refractivity contribution in [1.29, 1.82) is 0 Å². The summed E-state index contributed by atoms with van der Waals surface area (Å²) in [5.41, 5.74) is 5.18. The van der Waals surface area contributed by atoms with Gasteiger partial charge in [-0.2, -0.15) is 16.9 Å². The van der Waals surface area contributed by atoms with Crippen molar-refractivity contribution in [3.8, 4) is 0 Å². The fourth-order valence-corrected chi connectivity index (χ4v) is 12.6. The summed E-state index contributed by atoms with van der Waals surface area (Å²) < 4.78 is 122. The fraction of sp³-hybridized carbons (Fsp3) is 0.395. The maximum Gasteiger partial charge on any atom is 0.390 e. The van der Waals surface area contributed by atoms with Gasteiger partial charge in [0.05, 0.1) is 84.3 Å². The molecule has 0 aromatic heterocycles. The van der Waals surface area contributed by atoms with Crippen LogP contribution >= 0.6 is 0 Å². The molecule has 67 heavy (non-hydrogen) atoms. The number of benzene rings is 2. The van der Waals surface area contributed by atoms with Gasteiger partial charge < -0.3 is 19.6 Å². The highest BCUT2D eigenvalue weighted by Crippen LogP contribution is 2.43. The Balaban J connectivity index is 0.000000215. The second-order valence-corrected chi connectivity index (χ2v) is 22.1. The molecule has 0 atom stereocenters. The predicted molar refractivity (Wildman–Crippen MR) is 244 cm³/mol. The van der Waals surface area contributed by atoms with Crippen molar-refractivity contribution in [2.45, 2.75) is 63.4 Å². The normalized spacial score (nSPS) is 18.5. The number of nitrogens with one attached hydrogen (secondary N) is 1. The second-order valence-electron chi connectivity index (χ2n) is 16.5. The molecule has 2 aromatic carbocycles. The molecule has 6 aliphatic rings. The monoisotopic (exact) mass is 990 g/mol. The zero-order valence-electron chi connectivity index (χ0n) is 38.2. The van der Waals surface area contributed by atoms with Crippen LogP contribution in [0, 0.1) is 13.8 Å². The SMILES string of the molecule is CCCN1CC(C)=C(N(S(=O)(=O)c2ccc(C)cc2)S(=O)(=O)c2ccc(C)cc2)C2=C1N1CN(OC)C=C1C=N2.CON1C=C2C=NC3=C(N(CCC(F)(F)F)CC(C)=C3NS(C)(=O)=O)N2C1. The Labute approximate surface area is 389 Å². The van der Waals surface area contributed by atoms with Crippen LogP contribution in [0.4, 0.5) is 13.2 Å². The highest BCUT2D eigenvalue weighted by atomic mass is 32.3. The molecule has 0 unspecified atom stereocenters. The van der Waals surface area contributed by atoms with Crippen LogP contribution in [0.15, 0.2) is 138 Å². The lowest BCUT2D eigenvalue weighted by Crippen LogP contribution is -2.46. The minimum Gasteiger partial charge on any atom is -0.352 e. The van der Waals surface area contributed by atoms with Crippen molar-refractivity contribution in [3.63, 3.8) is 0 Å². The Morgan fingerprint density at radius 1 is 0.687 bits per heavy atom. The van der Waals surface area contributed by atoms with Gasteiger partial charge in [-0.1, -0.05) is 42.3 Å². The van der Waals surface area contributed by atoms with Gasteiger partial charge in [-0.3, -0.25) is 14.4 Å². The van der Waals surface area contributed by atoms with Crippen LogP contribution in [0.25, 0.3) is 0 Å². The summed E-state index contributed by atoms with van der Waals surface area (Å²) in [6.45, 7) is 10.7. The summed E-state index contributed by atoms with van der Waals surface area (Å²) in [4.78, 5) is 26.7. The van der Waals surface area contributed by atoms with Gasteiger partial charge >= 0.3 is 6.18 Å². The Bertz CT molecular complexity index is 2820. The number of aryl methyl sites for hydroxylation is 2. The minimum absolute atomic E-state index is 0.0367. The molecule has 8 rings (SSSR count).